The van der Waals surface area contributed by atoms with E-state index in [1.165, 1.54) is 4.90 Å². The number of carbonyl (C=O) groups is 1. The van der Waals surface area contributed by atoms with E-state index in [-0.39, 0.29) is 6.04 Å². The molecule has 0 bridgehead atoms. The Morgan fingerprint density at radius 1 is 1.45 bits per heavy atom. The highest BCUT2D eigenvalue weighted by atomic mass is 16.5. The van der Waals surface area contributed by atoms with Crippen molar-refractivity contribution in [3.8, 4) is 0 Å². The molecule has 0 aromatic rings. The second kappa shape index (κ2) is 4.08. The van der Waals surface area contributed by atoms with E-state index >= 15 is 0 Å². The van der Waals surface area contributed by atoms with Crippen molar-refractivity contribution in [2.45, 2.75) is 18.9 Å². The molecule has 0 unspecified atom stereocenters. The summed E-state index contributed by atoms with van der Waals surface area (Å²) >= 11 is 0. The number of amides is 1. The first kappa shape index (κ1) is 8.20. The number of hydrogen-bond donors (Lipinski definition) is 1. The normalized spacial score (nSPS) is 19.3. The standard InChI is InChI=1S/C7H12N2O2/c8-5-9(6-10)7-1-3-11-4-2-7/h5-8H,1-4H2. The fourth-order valence-electron chi connectivity index (χ4n) is 1.21. The van der Waals surface area contributed by atoms with E-state index in [0.717, 1.165) is 19.2 Å². The molecule has 4 heteroatoms. The smallest absolute Gasteiger partial charge is 0.215 e. The predicted molar refractivity (Wildman–Crippen MR) is 40.5 cm³/mol. The van der Waals surface area contributed by atoms with Crippen molar-refractivity contribution >= 4 is 12.7 Å². The minimum Gasteiger partial charge on any atom is -0.381 e. The van der Waals surface area contributed by atoms with Crippen molar-refractivity contribution in [2.75, 3.05) is 13.2 Å². The zero-order valence-electron chi connectivity index (χ0n) is 6.32. The summed E-state index contributed by atoms with van der Waals surface area (Å²) < 4.78 is 5.12. The third-order valence-electron chi connectivity index (χ3n) is 1.88. The minimum absolute atomic E-state index is 0.179. The molecule has 62 valence electrons. The molecule has 4 nitrogen and oxygen atoms in total. The lowest BCUT2D eigenvalue weighted by Gasteiger charge is -2.27. The molecule has 1 aliphatic rings. The van der Waals surface area contributed by atoms with Crippen LogP contribution >= 0.6 is 0 Å². The Morgan fingerprint density at radius 3 is 2.55 bits per heavy atom. The van der Waals surface area contributed by atoms with Crippen LogP contribution in [0.3, 0.4) is 0 Å². The van der Waals surface area contributed by atoms with Crippen LogP contribution in [0.4, 0.5) is 0 Å². The molecular weight excluding hydrogens is 144 g/mol. The van der Waals surface area contributed by atoms with E-state index in [4.69, 9.17) is 10.1 Å². The van der Waals surface area contributed by atoms with Crippen LogP contribution in [0, 0.1) is 5.41 Å². The molecular formula is C7H12N2O2. The van der Waals surface area contributed by atoms with Gasteiger partial charge in [-0.2, -0.15) is 0 Å². The molecule has 1 amide bonds. The molecule has 0 aromatic carbocycles. The van der Waals surface area contributed by atoms with Gasteiger partial charge in [-0.3, -0.25) is 10.2 Å². The maximum absolute atomic E-state index is 10.4. The molecule has 0 aromatic heterocycles. The summed E-state index contributed by atoms with van der Waals surface area (Å²) in [6, 6.07) is 0.179. The fourth-order valence-corrected chi connectivity index (χ4v) is 1.21. The molecule has 0 spiro atoms. The maximum atomic E-state index is 10.4. The van der Waals surface area contributed by atoms with Gasteiger partial charge in [0.2, 0.25) is 6.41 Å². The highest BCUT2D eigenvalue weighted by Crippen LogP contribution is 2.10. The lowest BCUT2D eigenvalue weighted by Crippen LogP contribution is -2.37. The van der Waals surface area contributed by atoms with Crippen LogP contribution in [0.1, 0.15) is 12.8 Å². The van der Waals surface area contributed by atoms with Gasteiger partial charge in [0.1, 0.15) is 0 Å². The van der Waals surface area contributed by atoms with E-state index in [1.807, 2.05) is 0 Å². The van der Waals surface area contributed by atoms with Gasteiger partial charge in [-0.15, -0.1) is 0 Å². The largest absolute Gasteiger partial charge is 0.381 e. The summed E-state index contributed by atoms with van der Waals surface area (Å²) in [5.74, 6) is 0. The van der Waals surface area contributed by atoms with Crippen molar-refractivity contribution in [3.05, 3.63) is 0 Å². The lowest BCUT2D eigenvalue weighted by atomic mass is 10.1. The molecule has 0 aliphatic carbocycles. The third kappa shape index (κ3) is 2.01. The first-order valence-electron chi connectivity index (χ1n) is 3.69. The Morgan fingerprint density at radius 2 is 2.09 bits per heavy atom. The van der Waals surface area contributed by atoms with Crippen LogP contribution in [-0.2, 0) is 9.53 Å². The van der Waals surface area contributed by atoms with Gasteiger partial charge >= 0.3 is 0 Å². The van der Waals surface area contributed by atoms with E-state index in [2.05, 4.69) is 0 Å². The fraction of sp³-hybridized carbons (Fsp3) is 0.714. The zero-order valence-corrected chi connectivity index (χ0v) is 6.32. The summed E-state index contributed by atoms with van der Waals surface area (Å²) in [4.78, 5) is 11.8. The summed E-state index contributed by atoms with van der Waals surface area (Å²) in [5.41, 5.74) is 0. The molecule has 0 saturated carbocycles. The van der Waals surface area contributed by atoms with Gasteiger partial charge in [0.05, 0.1) is 6.34 Å². The number of nitrogens with one attached hydrogen (secondary N) is 1. The summed E-state index contributed by atoms with van der Waals surface area (Å²) in [7, 11) is 0. The molecule has 1 rings (SSSR count). The Bertz CT molecular complexity index is 135. The van der Waals surface area contributed by atoms with Crippen LogP contribution in [0.5, 0.6) is 0 Å². The van der Waals surface area contributed by atoms with Gasteiger partial charge in [-0.05, 0) is 12.8 Å². The number of ether oxygens (including phenoxy) is 1. The Balaban J connectivity index is 2.42. The predicted octanol–water partition coefficient (Wildman–Crippen LogP) is 0.231. The van der Waals surface area contributed by atoms with Crippen molar-refractivity contribution in [1.82, 2.24) is 4.90 Å². The number of hydrogen-bond acceptors (Lipinski definition) is 3. The highest BCUT2D eigenvalue weighted by Gasteiger charge is 2.18. The molecule has 0 radical (unpaired) electrons. The monoisotopic (exact) mass is 156 g/mol. The van der Waals surface area contributed by atoms with E-state index in [0.29, 0.717) is 19.6 Å². The second-order valence-corrected chi connectivity index (χ2v) is 2.53. The quantitative estimate of drug-likeness (QED) is 0.361. The van der Waals surface area contributed by atoms with Crippen LogP contribution < -0.4 is 0 Å². The van der Waals surface area contributed by atoms with Crippen LogP contribution in [0.25, 0.3) is 0 Å². The summed E-state index contributed by atoms with van der Waals surface area (Å²) in [6.07, 6.45) is 3.45. The van der Waals surface area contributed by atoms with Gasteiger partial charge in [-0.25, -0.2) is 0 Å². The molecule has 1 N–H and O–H groups in total. The first-order chi connectivity index (χ1) is 5.38. The van der Waals surface area contributed by atoms with Crippen LogP contribution in [-0.4, -0.2) is 36.9 Å². The van der Waals surface area contributed by atoms with Gasteiger partial charge in [-0.1, -0.05) is 0 Å². The molecule has 1 heterocycles. The SMILES string of the molecule is N=CN(C=O)C1CCOCC1. The summed E-state index contributed by atoms with van der Waals surface area (Å²) in [5, 5.41) is 6.93. The minimum atomic E-state index is 0.179. The van der Waals surface area contributed by atoms with Gasteiger partial charge < -0.3 is 9.64 Å². The van der Waals surface area contributed by atoms with E-state index < -0.39 is 0 Å². The Hall–Kier alpha value is -0.900. The molecule has 1 saturated heterocycles. The number of carbonyl (C=O) groups excluding carboxylic acids is 1. The molecule has 1 fully saturated rings. The Kier molecular flexibility index (Phi) is 3.04. The molecule has 1 aliphatic heterocycles. The van der Waals surface area contributed by atoms with Gasteiger partial charge in [0, 0.05) is 19.3 Å². The topological polar surface area (TPSA) is 53.4 Å². The Labute approximate surface area is 65.6 Å². The first-order valence-corrected chi connectivity index (χ1v) is 3.69. The van der Waals surface area contributed by atoms with Crippen molar-refractivity contribution in [3.63, 3.8) is 0 Å². The van der Waals surface area contributed by atoms with E-state index in [9.17, 15) is 4.79 Å². The van der Waals surface area contributed by atoms with Crippen LogP contribution in [0.2, 0.25) is 0 Å². The van der Waals surface area contributed by atoms with Gasteiger partial charge in [0.15, 0.2) is 0 Å². The average molecular weight is 156 g/mol. The third-order valence-corrected chi connectivity index (χ3v) is 1.88. The van der Waals surface area contributed by atoms with Crippen molar-refractivity contribution in [2.24, 2.45) is 0 Å². The number of rotatable bonds is 3. The van der Waals surface area contributed by atoms with Crippen molar-refractivity contribution < 1.29 is 9.53 Å². The average Bonchev–Trinajstić information content (AvgIpc) is 2.09. The second-order valence-electron chi connectivity index (χ2n) is 2.53. The lowest BCUT2D eigenvalue weighted by molar-refractivity contribution is -0.117. The zero-order chi connectivity index (χ0) is 8.10. The summed E-state index contributed by atoms with van der Waals surface area (Å²) in [6.45, 7) is 1.39. The maximum Gasteiger partial charge on any atom is 0.215 e. The van der Waals surface area contributed by atoms with E-state index in [1.54, 1.807) is 0 Å². The molecule has 11 heavy (non-hydrogen) atoms. The molecule has 0 atom stereocenters. The van der Waals surface area contributed by atoms with Crippen LogP contribution in [0.15, 0.2) is 0 Å². The highest BCUT2D eigenvalue weighted by molar-refractivity contribution is 5.70. The number of nitrogens with zero attached hydrogens (tertiary/aromatic N) is 1. The van der Waals surface area contributed by atoms with Gasteiger partial charge in [0.25, 0.3) is 0 Å². The van der Waals surface area contributed by atoms with Crippen molar-refractivity contribution in [1.29, 1.82) is 5.41 Å².